The Bertz CT molecular complexity index is 674. The van der Waals surface area contributed by atoms with Gasteiger partial charge in [0.2, 0.25) is 5.91 Å². The first kappa shape index (κ1) is 17.8. The van der Waals surface area contributed by atoms with Gasteiger partial charge in [0.25, 0.3) is 5.91 Å². The van der Waals surface area contributed by atoms with E-state index in [4.69, 9.17) is 11.6 Å². The van der Waals surface area contributed by atoms with Crippen LogP contribution in [-0.2, 0) is 4.79 Å². The van der Waals surface area contributed by atoms with Crippen molar-refractivity contribution >= 4 is 29.1 Å². The zero-order valence-electron chi connectivity index (χ0n) is 13.5. The molecule has 0 atom stereocenters. The van der Waals surface area contributed by atoms with Gasteiger partial charge in [-0.05, 0) is 36.4 Å². The minimum absolute atomic E-state index is 0.0433. The summed E-state index contributed by atoms with van der Waals surface area (Å²) < 4.78 is 0. The van der Waals surface area contributed by atoms with E-state index in [2.05, 4.69) is 10.6 Å². The summed E-state index contributed by atoms with van der Waals surface area (Å²) in [5.74, 6) is -0.479. The van der Waals surface area contributed by atoms with Crippen LogP contribution in [0.15, 0.2) is 54.6 Å². The third-order valence-corrected chi connectivity index (χ3v) is 3.73. The van der Waals surface area contributed by atoms with Crippen molar-refractivity contribution in [2.45, 2.75) is 0 Å². The fourth-order valence-electron chi connectivity index (χ4n) is 2.10. The minimum atomic E-state index is -0.260. The van der Waals surface area contributed by atoms with E-state index < -0.39 is 0 Å². The molecule has 5 nitrogen and oxygen atoms in total. The van der Waals surface area contributed by atoms with E-state index in [0.29, 0.717) is 23.7 Å². The monoisotopic (exact) mass is 345 g/mol. The Labute approximate surface area is 146 Å². The van der Waals surface area contributed by atoms with Crippen molar-refractivity contribution in [2.24, 2.45) is 0 Å². The number of halogens is 1. The summed E-state index contributed by atoms with van der Waals surface area (Å²) in [6.07, 6.45) is 0. The molecule has 0 aliphatic heterocycles. The summed E-state index contributed by atoms with van der Waals surface area (Å²) in [5.41, 5.74) is 1.55. The number of amides is 2. The smallest absolute Gasteiger partial charge is 0.251 e. The molecular formula is C18H20ClN3O2. The van der Waals surface area contributed by atoms with Gasteiger partial charge in [-0.3, -0.25) is 9.59 Å². The van der Waals surface area contributed by atoms with Crippen LogP contribution in [0.5, 0.6) is 0 Å². The quantitative estimate of drug-likeness (QED) is 0.809. The van der Waals surface area contributed by atoms with Crippen LogP contribution in [0.3, 0.4) is 0 Å². The molecular weight excluding hydrogens is 326 g/mol. The summed E-state index contributed by atoms with van der Waals surface area (Å²) in [4.78, 5) is 25.6. The molecule has 0 unspecified atom stereocenters. The van der Waals surface area contributed by atoms with Gasteiger partial charge in [0.15, 0.2) is 0 Å². The number of rotatable bonds is 7. The molecule has 0 saturated heterocycles. The first-order valence-corrected chi connectivity index (χ1v) is 8.00. The molecule has 24 heavy (non-hydrogen) atoms. The Morgan fingerprint density at radius 2 is 1.67 bits per heavy atom. The van der Waals surface area contributed by atoms with Crippen LogP contribution in [-0.4, -0.2) is 38.5 Å². The summed E-state index contributed by atoms with van der Waals surface area (Å²) in [6, 6.07) is 16.3. The van der Waals surface area contributed by atoms with Gasteiger partial charge in [0.1, 0.15) is 0 Å². The molecule has 0 saturated carbocycles. The molecule has 0 radical (unpaired) electrons. The molecule has 0 aliphatic rings. The van der Waals surface area contributed by atoms with Gasteiger partial charge in [-0.2, -0.15) is 0 Å². The number of nitrogens with zero attached hydrogens (tertiary/aromatic N) is 1. The number of carbonyl (C=O) groups is 2. The lowest BCUT2D eigenvalue weighted by molar-refractivity contribution is -0.120. The van der Waals surface area contributed by atoms with E-state index in [9.17, 15) is 9.59 Å². The van der Waals surface area contributed by atoms with Crippen molar-refractivity contribution in [1.82, 2.24) is 10.6 Å². The highest BCUT2D eigenvalue weighted by molar-refractivity contribution is 6.30. The van der Waals surface area contributed by atoms with Crippen molar-refractivity contribution < 1.29 is 9.59 Å². The second kappa shape index (κ2) is 8.93. The lowest BCUT2D eigenvalue weighted by atomic mass is 10.2. The third kappa shape index (κ3) is 5.59. The Hall–Kier alpha value is -2.53. The molecule has 2 N–H and O–H groups in total. The van der Waals surface area contributed by atoms with Crippen LogP contribution in [0.2, 0.25) is 5.02 Å². The van der Waals surface area contributed by atoms with E-state index in [0.717, 1.165) is 5.69 Å². The van der Waals surface area contributed by atoms with Crippen molar-refractivity contribution in [3.8, 4) is 0 Å². The van der Waals surface area contributed by atoms with E-state index in [1.165, 1.54) is 0 Å². The van der Waals surface area contributed by atoms with Crippen molar-refractivity contribution in [3.05, 3.63) is 65.2 Å². The molecule has 126 valence electrons. The Kier molecular flexibility index (Phi) is 6.63. The third-order valence-electron chi connectivity index (χ3n) is 3.48. The highest BCUT2D eigenvalue weighted by Gasteiger charge is 2.07. The highest BCUT2D eigenvalue weighted by Crippen LogP contribution is 2.16. The van der Waals surface area contributed by atoms with Gasteiger partial charge >= 0.3 is 0 Å². The summed E-state index contributed by atoms with van der Waals surface area (Å²) in [6.45, 7) is 1.09. The maximum Gasteiger partial charge on any atom is 0.251 e. The van der Waals surface area contributed by atoms with Gasteiger partial charge in [0.05, 0.1) is 6.54 Å². The van der Waals surface area contributed by atoms with Crippen molar-refractivity contribution in [1.29, 1.82) is 0 Å². The molecule has 6 heteroatoms. The molecule has 2 aromatic rings. The number of nitrogens with one attached hydrogen (secondary N) is 2. The molecule has 0 aromatic heterocycles. The molecule has 0 spiro atoms. The number of anilines is 1. The lowest BCUT2D eigenvalue weighted by Gasteiger charge is -2.19. The summed E-state index contributed by atoms with van der Waals surface area (Å²) in [7, 11) is 1.94. The van der Waals surface area contributed by atoms with E-state index in [1.807, 2.05) is 42.3 Å². The van der Waals surface area contributed by atoms with E-state index in [-0.39, 0.29) is 18.4 Å². The number of benzene rings is 2. The topological polar surface area (TPSA) is 61.4 Å². The Morgan fingerprint density at radius 3 is 2.33 bits per heavy atom. The van der Waals surface area contributed by atoms with Crippen molar-refractivity contribution in [3.63, 3.8) is 0 Å². The average Bonchev–Trinajstić information content (AvgIpc) is 2.61. The number of likely N-dealkylation sites (N-methyl/N-ethyl adjacent to an activating group) is 1. The normalized spacial score (nSPS) is 10.1. The lowest BCUT2D eigenvalue weighted by Crippen LogP contribution is -2.39. The zero-order chi connectivity index (χ0) is 17.4. The average molecular weight is 346 g/mol. The second-order valence-corrected chi connectivity index (χ2v) is 5.73. The highest BCUT2D eigenvalue weighted by atomic mass is 35.5. The largest absolute Gasteiger partial charge is 0.373 e. The van der Waals surface area contributed by atoms with Crippen LogP contribution < -0.4 is 15.5 Å². The minimum Gasteiger partial charge on any atom is -0.373 e. The van der Waals surface area contributed by atoms with Gasteiger partial charge in [-0.15, -0.1) is 0 Å². The van der Waals surface area contributed by atoms with Gasteiger partial charge < -0.3 is 15.5 Å². The fourth-order valence-corrected chi connectivity index (χ4v) is 2.23. The second-order valence-electron chi connectivity index (χ2n) is 5.30. The molecule has 2 amide bonds. The fraction of sp³-hybridized carbons (Fsp3) is 0.222. The molecule has 0 fully saturated rings. The van der Waals surface area contributed by atoms with Crippen LogP contribution in [0, 0.1) is 0 Å². The molecule has 2 aromatic carbocycles. The van der Waals surface area contributed by atoms with Gasteiger partial charge in [0, 0.05) is 36.4 Å². The summed E-state index contributed by atoms with van der Waals surface area (Å²) >= 11 is 5.86. The van der Waals surface area contributed by atoms with Crippen LogP contribution >= 0.6 is 11.6 Å². The predicted molar refractivity (Wildman–Crippen MR) is 96.5 cm³/mol. The molecule has 0 heterocycles. The van der Waals surface area contributed by atoms with Crippen LogP contribution in [0.25, 0.3) is 0 Å². The molecule has 0 bridgehead atoms. The zero-order valence-corrected chi connectivity index (χ0v) is 14.2. The standard InChI is InChI=1S/C18H20ClN3O2/c1-22(16-9-7-15(19)8-10-16)12-11-20-17(23)13-21-18(24)14-5-3-2-4-6-14/h2-10H,11-13H2,1H3,(H,20,23)(H,21,24). The van der Waals surface area contributed by atoms with Gasteiger partial charge in [-0.1, -0.05) is 29.8 Å². The van der Waals surface area contributed by atoms with Crippen LogP contribution in [0.4, 0.5) is 5.69 Å². The maximum absolute atomic E-state index is 11.8. The molecule has 2 rings (SSSR count). The SMILES string of the molecule is CN(CCNC(=O)CNC(=O)c1ccccc1)c1ccc(Cl)cc1. The van der Waals surface area contributed by atoms with E-state index >= 15 is 0 Å². The Morgan fingerprint density at radius 1 is 1.00 bits per heavy atom. The number of carbonyl (C=O) groups excluding carboxylic acids is 2. The maximum atomic E-state index is 11.8. The molecule has 0 aliphatic carbocycles. The Balaban J connectivity index is 1.68. The van der Waals surface area contributed by atoms with E-state index in [1.54, 1.807) is 24.3 Å². The predicted octanol–water partition coefficient (Wildman–Crippen LogP) is 2.32. The number of hydrogen-bond acceptors (Lipinski definition) is 3. The van der Waals surface area contributed by atoms with Gasteiger partial charge in [-0.25, -0.2) is 0 Å². The van der Waals surface area contributed by atoms with Crippen LogP contribution in [0.1, 0.15) is 10.4 Å². The van der Waals surface area contributed by atoms with Crippen molar-refractivity contribution in [2.75, 3.05) is 31.6 Å². The number of hydrogen-bond donors (Lipinski definition) is 2. The first-order valence-electron chi connectivity index (χ1n) is 7.63. The summed E-state index contributed by atoms with van der Waals surface area (Å²) in [5, 5.41) is 6.07. The first-order chi connectivity index (χ1) is 11.6.